The molecule has 0 saturated heterocycles. The van der Waals surface area contributed by atoms with Crippen LogP contribution < -0.4 is 0 Å². The number of benzene rings is 1. The Kier molecular flexibility index (Phi) is 6.03. The van der Waals surface area contributed by atoms with Crippen molar-refractivity contribution in [3.63, 3.8) is 0 Å². The lowest BCUT2D eigenvalue weighted by molar-refractivity contribution is -0.143. The van der Waals surface area contributed by atoms with Gasteiger partial charge in [0.05, 0.1) is 18.6 Å². The van der Waals surface area contributed by atoms with E-state index in [0.29, 0.717) is 24.6 Å². The van der Waals surface area contributed by atoms with Crippen molar-refractivity contribution in [3.05, 3.63) is 65.8 Å². The molecule has 0 atom stereocenters. The largest absolute Gasteiger partial charge is 0.465 e. The predicted molar refractivity (Wildman–Crippen MR) is 92.0 cm³/mol. The number of carbonyl (C=O) groups excluding carboxylic acids is 1. The molecule has 1 aromatic carbocycles. The fraction of sp³-hybridized carbons (Fsp3) is 0.263. The first-order valence-corrected chi connectivity index (χ1v) is 8.46. The van der Waals surface area contributed by atoms with E-state index < -0.39 is 17.7 Å². The average Bonchev–Trinajstić information content (AvgIpc) is 3.14. The van der Waals surface area contributed by atoms with Crippen LogP contribution >= 0.6 is 0 Å². The van der Waals surface area contributed by atoms with Crippen molar-refractivity contribution < 1.29 is 27.2 Å². The van der Waals surface area contributed by atoms with Crippen molar-refractivity contribution in [2.45, 2.75) is 25.4 Å². The van der Waals surface area contributed by atoms with Crippen LogP contribution in [0.15, 0.2) is 53.3 Å². The lowest BCUT2D eigenvalue weighted by Gasteiger charge is -2.08. The molecule has 9 heteroatoms. The molecule has 0 spiro atoms. The minimum Gasteiger partial charge on any atom is -0.465 e. The van der Waals surface area contributed by atoms with E-state index >= 15 is 0 Å². The van der Waals surface area contributed by atoms with Crippen LogP contribution in [0.25, 0.3) is 11.4 Å². The number of aryl methyl sites for hydroxylation is 1. The minimum absolute atomic E-state index is 0.0996. The van der Waals surface area contributed by atoms with Crippen LogP contribution in [0.3, 0.4) is 0 Å². The number of rotatable bonds is 7. The molecular formula is C19H16F3N3O3. The van der Waals surface area contributed by atoms with Gasteiger partial charge >= 0.3 is 12.1 Å². The summed E-state index contributed by atoms with van der Waals surface area (Å²) in [7, 11) is 0. The molecule has 28 heavy (non-hydrogen) atoms. The van der Waals surface area contributed by atoms with Crippen LogP contribution in [0.5, 0.6) is 0 Å². The Morgan fingerprint density at radius 2 is 2.04 bits per heavy atom. The molecule has 3 rings (SSSR count). The van der Waals surface area contributed by atoms with Crippen LogP contribution in [-0.4, -0.2) is 27.7 Å². The number of esters is 1. The second-order valence-corrected chi connectivity index (χ2v) is 5.95. The van der Waals surface area contributed by atoms with Gasteiger partial charge in [-0.15, -0.1) is 0 Å². The van der Waals surface area contributed by atoms with Gasteiger partial charge in [0.1, 0.15) is 0 Å². The number of hydrogen-bond acceptors (Lipinski definition) is 6. The van der Waals surface area contributed by atoms with E-state index in [2.05, 4.69) is 15.1 Å². The van der Waals surface area contributed by atoms with E-state index in [-0.39, 0.29) is 18.6 Å². The lowest BCUT2D eigenvalue weighted by atomic mass is 10.1. The van der Waals surface area contributed by atoms with Gasteiger partial charge in [0, 0.05) is 24.4 Å². The van der Waals surface area contributed by atoms with E-state index in [9.17, 15) is 18.0 Å². The monoisotopic (exact) mass is 391 g/mol. The summed E-state index contributed by atoms with van der Waals surface area (Å²) >= 11 is 0. The smallest absolute Gasteiger partial charge is 0.416 e. The highest BCUT2D eigenvalue weighted by molar-refractivity contribution is 5.72. The molecular weight excluding hydrogens is 375 g/mol. The van der Waals surface area contributed by atoms with Gasteiger partial charge in [-0.2, -0.15) is 18.2 Å². The maximum atomic E-state index is 12.7. The third kappa shape index (κ3) is 5.38. The summed E-state index contributed by atoms with van der Waals surface area (Å²) in [5.74, 6) is 0.221. The SMILES string of the molecule is O=C(Cc1cccc(C(F)(F)F)c1)OCCCc1nc(-c2cccnc2)no1. The quantitative estimate of drug-likeness (QED) is 0.449. The number of carbonyl (C=O) groups is 1. The molecule has 0 unspecified atom stereocenters. The number of pyridine rings is 1. The average molecular weight is 391 g/mol. The Morgan fingerprint density at radius 3 is 2.79 bits per heavy atom. The van der Waals surface area contributed by atoms with Gasteiger partial charge in [0.2, 0.25) is 11.7 Å². The van der Waals surface area contributed by atoms with E-state index in [0.717, 1.165) is 17.7 Å². The molecule has 146 valence electrons. The number of hydrogen-bond donors (Lipinski definition) is 0. The van der Waals surface area contributed by atoms with Crippen LogP contribution in [-0.2, 0) is 28.5 Å². The van der Waals surface area contributed by atoms with E-state index in [1.165, 1.54) is 12.1 Å². The van der Waals surface area contributed by atoms with E-state index in [1.54, 1.807) is 24.5 Å². The molecule has 0 saturated carbocycles. The second kappa shape index (κ2) is 8.64. The summed E-state index contributed by atoms with van der Waals surface area (Å²) < 4.78 is 48.3. The minimum atomic E-state index is -4.45. The van der Waals surface area contributed by atoms with E-state index in [4.69, 9.17) is 9.26 Å². The van der Waals surface area contributed by atoms with Crippen LogP contribution in [0.4, 0.5) is 13.2 Å². The third-order valence-corrected chi connectivity index (χ3v) is 3.79. The van der Waals surface area contributed by atoms with Crippen molar-refractivity contribution in [2.24, 2.45) is 0 Å². The molecule has 3 aromatic rings. The molecule has 2 aromatic heterocycles. The lowest BCUT2D eigenvalue weighted by Crippen LogP contribution is -2.11. The highest BCUT2D eigenvalue weighted by Crippen LogP contribution is 2.29. The molecule has 0 N–H and O–H groups in total. The van der Waals surface area contributed by atoms with Crippen LogP contribution in [0, 0.1) is 0 Å². The fourth-order valence-corrected chi connectivity index (χ4v) is 2.45. The predicted octanol–water partition coefficient (Wildman–Crippen LogP) is 3.87. The first kappa shape index (κ1) is 19.5. The Morgan fingerprint density at radius 1 is 1.18 bits per heavy atom. The topological polar surface area (TPSA) is 78.1 Å². The van der Waals surface area contributed by atoms with Crippen LogP contribution in [0.1, 0.15) is 23.4 Å². The molecule has 6 nitrogen and oxygen atoms in total. The van der Waals surface area contributed by atoms with Gasteiger partial charge in [-0.3, -0.25) is 9.78 Å². The highest BCUT2D eigenvalue weighted by atomic mass is 19.4. The summed E-state index contributed by atoms with van der Waals surface area (Å²) in [6.45, 7) is 0.0996. The summed E-state index contributed by atoms with van der Waals surface area (Å²) in [6.07, 6.45) is -0.566. The number of ether oxygens (including phenoxy) is 1. The molecule has 0 aliphatic heterocycles. The number of nitrogens with zero attached hydrogens (tertiary/aromatic N) is 3. The van der Waals surface area contributed by atoms with Crippen molar-refractivity contribution >= 4 is 5.97 Å². The van der Waals surface area contributed by atoms with Crippen molar-refractivity contribution in [1.29, 1.82) is 0 Å². The number of alkyl halides is 3. The Balaban J connectivity index is 1.43. The summed E-state index contributed by atoms with van der Waals surface area (Å²) in [5.41, 5.74) is 0.182. The van der Waals surface area contributed by atoms with Gasteiger partial charge in [-0.25, -0.2) is 0 Å². The standard InChI is InChI=1S/C19H16F3N3O3/c20-19(21,22)15-6-1-4-13(10-15)11-17(26)27-9-3-7-16-24-18(25-28-16)14-5-2-8-23-12-14/h1-2,4-6,8,10,12H,3,7,9,11H2. The molecule has 0 aliphatic carbocycles. The van der Waals surface area contributed by atoms with Gasteiger partial charge in [0.25, 0.3) is 0 Å². The molecule has 0 bridgehead atoms. The highest BCUT2D eigenvalue weighted by Gasteiger charge is 2.30. The van der Waals surface area contributed by atoms with Gasteiger partial charge in [-0.05, 0) is 30.2 Å². The summed E-state index contributed by atoms with van der Waals surface area (Å²) in [5, 5.41) is 3.86. The van der Waals surface area contributed by atoms with Crippen molar-refractivity contribution in [1.82, 2.24) is 15.1 Å². The zero-order valence-corrected chi connectivity index (χ0v) is 14.6. The Bertz CT molecular complexity index is 927. The maximum Gasteiger partial charge on any atom is 0.416 e. The normalized spacial score (nSPS) is 11.4. The van der Waals surface area contributed by atoms with Gasteiger partial charge in [-0.1, -0.05) is 23.4 Å². The zero-order chi connectivity index (χ0) is 20.0. The summed E-state index contributed by atoms with van der Waals surface area (Å²) in [6, 6.07) is 8.18. The Hall–Kier alpha value is -3.23. The molecule has 0 fully saturated rings. The Labute approximate surface area is 158 Å². The fourth-order valence-electron chi connectivity index (χ4n) is 2.45. The molecule has 0 amide bonds. The van der Waals surface area contributed by atoms with Crippen LogP contribution in [0.2, 0.25) is 0 Å². The maximum absolute atomic E-state index is 12.7. The van der Waals surface area contributed by atoms with Gasteiger partial charge < -0.3 is 9.26 Å². The third-order valence-electron chi connectivity index (χ3n) is 3.79. The molecule has 0 aliphatic rings. The van der Waals surface area contributed by atoms with Crippen molar-refractivity contribution in [3.8, 4) is 11.4 Å². The number of halogens is 3. The first-order chi connectivity index (χ1) is 13.4. The van der Waals surface area contributed by atoms with Gasteiger partial charge in [0.15, 0.2) is 0 Å². The van der Waals surface area contributed by atoms with E-state index in [1.807, 2.05) is 0 Å². The summed E-state index contributed by atoms with van der Waals surface area (Å²) in [4.78, 5) is 20.0. The van der Waals surface area contributed by atoms with Crippen molar-refractivity contribution in [2.75, 3.05) is 6.61 Å². The first-order valence-electron chi connectivity index (χ1n) is 8.46. The number of aromatic nitrogens is 3. The molecule has 2 heterocycles. The second-order valence-electron chi connectivity index (χ2n) is 5.95. The zero-order valence-electron chi connectivity index (χ0n) is 14.6. The molecule has 0 radical (unpaired) electrons.